The highest BCUT2D eigenvalue weighted by atomic mass is 32.2. The summed E-state index contributed by atoms with van der Waals surface area (Å²) >= 11 is 1.62. The molecule has 0 bridgehead atoms. The molecule has 1 aromatic rings. The molecule has 1 unspecified atom stereocenters. The van der Waals surface area contributed by atoms with Gasteiger partial charge in [-0.1, -0.05) is 6.07 Å². The van der Waals surface area contributed by atoms with Crippen molar-refractivity contribution in [3.63, 3.8) is 0 Å². The molecule has 1 aliphatic rings. The average Bonchev–Trinajstić information content (AvgIpc) is 3.06. The molecule has 0 radical (unpaired) electrons. The molecule has 8 heteroatoms. The van der Waals surface area contributed by atoms with Crippen LogP contribution in [0.15, 0.2) is 17.5 Å². The fourth-order valence-corrected chi connectivity index (χ4v) is 4.69. The third-order valence-electron chi connectivity index (χ3n) is 3.45. The molecule has 0 aromatic carbocycles. The zero-order chi connectivity index (χ0) is 16.0. The number of carbonyl (C=O) groups is 2. The van der Waals surface area contributed by atoms with Gasteiger partial charge in [-0.3, -0.25) is 9.59 Å². The van der Waals surface area contributed by atoms with E-state index in [1.807, 2.05) is 17.5 Å². The molecule has 0 spiro atoms. The quantitative estimate of drug-likeness (QED) is 0.753. The normalized spacial score (nSPS) is 19.7. The number of rotatable bonds is 7. The molecule has 1 saturated heterocycles. The zero-order valence-electron chi connectivity index (χ0n) is 12.2. The standard InChI is InChI=1S/C14H20N2O4S2/c17-13(4-3-12-2-1-8-21-12)15-7-5-14(18)16-11-6-9-22(19,20)10-11/h1-2,8,11H,3-7,9-10H2,(H,15,17)(H,16,18). The minimum absolute atomic E-state index is 0.0198. The van der Waals surface area contributed by atoms with Crippen LogP contribution in [0.3, 0.4) is 0 Å². The van der Waals surface area contributed by atoms with E-state index in [1.165, 1.54) is 0 Å². The molecule has 1 aliphatic heterocycles. The van der Waals surface area contributed by atoms with E-state index in [1.54, 1.807) is 11.3 Å². The van der Waals surface area contributed by atoms with Gasteiger partial charge in [-0.15, -0.1) is 11.3 Å². The van der Waals surface area contributed by atoms with Crippen molar-refractivity contribution < 1.29 is 18.0 Å². The minimum Gasteiger partial charge on any atom is -0.356 e. The lowest BCUT2D eigenvalue weighted by molar-refractivity contribution is -0.122. The Morgan fingerprint density at radius 2 is 2.09 bits per heavy atom. The Morgan fingerprint density at radius 3 is 2.73 bits per heavy atom. The van der Waals surface area contributed by atoms with Crippen LogP contribution in [0.2, 0.25) is 0 Å². The monoisotopic (exact) mass is 344 g/mol. The lowest BCUT2D eigenvalue weighted by atomic mass is 10.2. The van der Waals surface area contributed by atoms with Gasteiger partial charge in [-0.2, -0.15) is 0 Å². The number of aryl methyl sites for hydroxylation is 1. The number of sulfone groups is 1. The number of thiophene rings is 1. The summed E-state index contributed by atoms with van der Waals surface area (Å²) in [4.78, 5) is 24.5. The SMILES string of the molecule is O=C(CCc1cccs1)NCCC(=O)NC1CCS(=O)(=O)C1. The maximum atomic E-state index is 11.7. The molecule has 2 rings (SSSR count). The van der Waals surface area contributed by atoms with Crippen molar-refractivity contribution in [1.29, 1.82) is 0 Å². The molecule has 22 heavy (non-hydrogen) atoms. The van der Waals surface area contributed by atoms with E-state index in [-0.39, 0.29) is 42.3 Å². The van der Waals surface area contributed by atoms with Crippen molar-refractivity contribution in [3.05, 3.63) is 22.4 Å². The third kappa shape index (κ3) is 5.76. The summed E-state index contributed by atoms with van der Waals surface area (Å²) in [6.07, 6.45) is 1.75. The summed E-state index contributed by atoms with van der Waals surface area (Å²) in [6.45, 7) is 0.272. The second-order valence-corrected chi connectivity index (χ2v) is 8.61. The predicted molar refractivity (Wildman–Crippen MR) is 85.5 cm³/mol. The van der Waals surface area contributed by atoms with E-state index in [0.29, 0.717) is 19.3 Å². The maximum absolute atomic E-state index is 11.7. The number of hydrogen-bond acceptors (Lipinski definition) is 5. The molecular weight excluding hydrogens is 324 g/mol. The molecule has 1 atom stereocenters. The van der Waals surface area contributed by atoms with Crippen LogP contribution in [0.5, 0.6) is 0 Å². The molecule has 0 aliphatic carbocycles. The Labute approximate surface area is 134 Å². The van der Waals surface area contributed by atoms with Crippen molar-refractivity contribution in [3.8, 4) is 0 Å². The first kappa shape index (κ1) is 17.0. The fraction of sp³-hybridized carbons (Fsp3) is 0.571. The van der Waals surface area contributed by atoms with E-state index in [4.69, 9.17) is 0 Å². The molecular formula is C14H20N2O4S2. The number of amides is 2. The summed E-state index contributed by atoms with van der Waals surface area (Å²) in [5.74, 6) is -0.145. The molecule has 122 valence electrons. The number of nitrogens with one attached hydrogen (secondary N) is 2. The van der Waals surface area contributed by atoms with Crippen LogP contribution in [-0.4, -0.2) is 44.3 Å². The van der Waals surface area contributed by atoms with Gasteiger partial charge in [0, 0.05) is 30.3 Å². The number of hydrogen-bond donors (Lipinski definition) is 2. The summed E-state index contributed by atoms with van der Waals surface area (Å²) in [6, 6.07) is 3.65. The zero-order valence-corrected chi connectivity index (χ0v) is 13.8. The van der Waals surface area contributed by atoms with Gasteiger partial charge in [0.25, 0.3) is 0 Å². The molecule has 2 N–H and O–H groups in total. The van der Waals surface area contributed by atoms with E-state index in [2.05, 4.69) is 10.6 Å². The van der Waals surface area contributed by atoms with Gasteiger partial charge in [-0.25, -0.2) is 8.42 Å². The Hall–Kier alpha value is -1.41. The average molecular weight is 344 g/mol. The van der Waals surface area contributed by atoms with Crippen LogP contribution < -0.4 is 10.6 Å². The molecule has 0 saturated carbocycles. The second kappa shape index (κ2) is 7.73. The number of carbonyl (C=O) groups excluding carboxylic acids is 2. The first-order valence-electron chi connectivity index (χ1n) is 7.23. The second-order valence-electron chi connectivity index (χ2n) is 5.35. The first-order valence-corrected chi connectivity index (χ1v) is 9.93. The molecule has 6 nitrogen and oxygen atoms in total. The Morgan fingerprint density at radius 1 is 1.27 bits per heavy atom. The van der Waals surface area contributed by atoms with Crippen LogP contribution in [0.25, 0.3) is 0 Å². The lowest BCUT2D eigenvalue weighted by Gasteiger charge is -2.11. The summed E-state index contributed by atoms with van der Waals surface area (Å²) in [5, 5.41) is 7.37. The summed E-state index contributed by atoms with van der Waals surface area (Å²) < 4.78 is 22.6. The first-order chi connectivity index (χ1) is 10.4. The molecule has 1 fully saturated rings. The van der Waals surface area contributed by atoms with Crippen molar-refractivity contribution in [2.24, 2.45) is 0 Å². The van der Waals surface area contributed by atoms with Gasteiger partial charge >= 0.3 is 0 Å². The fourth-order valence-electron chi connectivity index (χ4n) is 2.30. The van der Waals surface area contributed by atoms with E-state index in [9.17, 15) is 18.0 Å². The van der Waals surface area contributed by atoms with E-state index < -0.39 is 9.84 Å². The highest BCUT2D eigenvalue weighted by Gasteiger charge is 2.28. The highest BCUT2D eigenvalue weighted by Crippen LogP contribution is 2.11. The Bertz CT molecular complexity index is 611. The predicted octanol–water partition coefficient (Wildman–Crippen LogP) is 0.490. The van der Waals surface area contributed by atoms with Crippen LogP contribution in [0.4, 0.5) is 0 Å². The van der Waals surface area contributed by atoms with Crippen molar-refractivity contribution >= 4 is 33.0 Å². The van der Waals surface area contributed by atoms with E-state index >= 15 is 0 Å². The van der Waals surface area contributed by atoms with Crippen molar-refractivity contribution in [1.82, 2.24) is 10.6 Å². The lowest BCUT2D eigenvalue weighted by Crippen LogP contribution is -2.37. The topological polar surface area (TPSA) is 92.3 Å². The Balaban J connectivity index is 1.57. The summed E-state index contributed by atoms with van der Waals surface area (Å²) in [7, 11) is -2.99. The van der Waals surface area contributed by atoms with Gasteiger partial charge in [0.05, 0.1) is 11.5 Å². The molecule has 1 aromatic heterocycles. The van der Waals surface area contributed by atoms with Crippen LogP contribution in [-0.2, 0) is 25.8 Å². The smallest absolute Gasteiger partial charge is 0.222 e. The van der Waals surface area contributed by atoms with Gasteiger partial charge < -0.3 is 10.6 Å². The molecule has 2 heterocycles. The van der Waals surface area contributed by atoms with Crippen molar-refractivity contribution in [2.75, 3.05) is 18.1 Å². The van der Waals surface area contributed by atoms with Gasteiger partial charge in [0.2, 0.25) is 11.8 Å². The Kier molecular flexibility index (Phi) is 5.96. The van der Waals surface area contributed by atoms with Gasteiger partial charge in [0.1, 0.15) is 0 Å². The van der Waals surface area contributed by atoms with Crippen LogP contribution >= 0.6 is 11.3 Å². The van der Waals surface area contributed by atoms with Crippen LogP contribution in [0.1, 0.15) is 24.1 Å². The van der Waals surface area contributed by atoms with Crippen molar-refractivity contribution in [2.45, 2.75) is 31.7 Å². The highest BCUT2D eigenvalue weighted by molar-refractivity contribution is 7.91. The maximum Gasteiger partial charge on any atom is 0.222 e. The van der Waals surface area contributed by atoms with Crippen LogP contribution in [0, 0.1) is 0 Å². The largest absolute Gasteiger partial charge is 0.356 e. The minimum atomic E-state index is -2.99. The van der Waals surface area contributed by atoms with Gasteiger partial charge in [-0.05, 0) is 24.3 Å². The third-order valence-corrected chi connectivity index (χ3v) is 6.15. The van der Waals surface area contributed by atoms with Gasteiger partial charge in [0.15, 0.2) is 9.84 Å². The summed E-state index contributed by atoms with van der Waals surface area (Å²) in [5.41, 5.74) is 0. The molecule has 2 amide bonds. The van der Waals surface area contributed by atoms with E-state index in [0.717, 1.165) is 4.88 Å².